The van der Waals surface area contributed by atoms with Crippen LogP contribution in [-0.4, -0.2) is 36.5 Å². The van der Waals surface area contributed by atoms with Gasteiger partial charge in [0.05, 0.1) is 12.3 Å². The summed E-state index contributed by atoms with van der Waals surface area (Å²) in [5.74, 6) is -1.38. The van der Waals surface area contributed by atoms with E-state index in [0.717, 1.165) is 10.8 Å². The lowest BCUT2D eigenvalue weighted by molar-refractivity contribution is -0.152. The summed E-state index contributed by atoms with van der Waals surface area (Å²) in [6, 6.07) is 11.0. The lowest BCUT2D eigenvalue weighted by atomic mass is 9.99. The average molecular weight is 371 g/mol. The Hall–Kier alpha value is -2.89. The van der Waals surface area contributed by atoms with Gasteiger partial charge in [-0.1, -0.05) is 30.3 Å². The predicted octanol–water partition coefficient (Wildman–Crippen LogP) is 3.73. The van der Waals surface area contributed by atoms with Gasteiger partial charge in [-0.3, -0.25) is 14.4 Å². The highest BCUT2D eigenvalue weighted by Crippen LogP contribution is 2.28. The highest BCUT2D eigenvalue weighted by atomic mass is 16.6. The van der Waals surface area contributed by atoms with E-state index < -0.39 is 17.5 Å². The third-order valence-electron chi connectivity index (χ3n) is 3.67. The van der Waals surface area contributed by atoms with Gasteiger partial charge in [0.1, 0.15) is 18.6 Å². The Morgan fingerprint density at radius 2 is 1.70 bits per heavy atom. The minimum absolute atomic E-state index is 0.0923. The molecule has 144 valence electrons. The topological polar surface area (TPSA) is 81.7 Å². The first kappa shape index (κ1) is 20.4. The summed E-state index contributed by atoms with van der Waals surface area (Å²) < 4.78 is 10.2. The van der Waals surface area contributed by atoms with E-state index in [-0.39, 0.29) is 25.4 Å². The number of anilines is 1. The number of ether oxygens (including phenoxy) is 2. The van der Waals surface area contributed by atoms with E-state index in [0.29, 0.717) is 11.3 Å². The standard InChI is InChI=1S/C21H25NO5/c1-5-26-18(24)12-17(23)16-11-10-14-8-6-7-9-15(14)20(16)22-13-19(25)27-21(2,3)4/h6-11,22H,5,12-13H2,1-4H3. The number of Topliss-reactive ketones (excluding diaryl/α,β-unsaturated/α-hetero) is 1. The van der Waals surface area contributed by atoms with Crippen molar-refractivity contribution >= 4 is 34.2 Å². The quantitative estimate of drug-likeness (QED) is 0.454. The zero-order chi connectivity index (χ0) is 20.0. The molecule has 0 aliphatic rings. The third-order valence-corrected chi connectivity index (χ3v) is 3.67. The van der Waals surface area contributed by atoms with E-state index in [9.17, 15) is 14.4 Å². The van der Waals surface area contributed by atoms with Crippen LogP contribution in [0.2, 0.25) is 0 Å². The molecule has 0 spiro atoms. The van der Waals surface area contributed by atoms with Crippen molar-refractivity contribution in [3.8, 4) is 0 Å². The van der Waals surface area contributed by atoms with Crippen molar-refractivity contribution in [2.45, 2.75) is 39.7 Å². The summed E-state index contributed by atoms with van der Waals surface area (Å²) in [6.45, 7) is 7.18. The fraction of sp³-hybridized carbons (Fsp3) is 0.381. The molecular formula is C21H25NO5. The summed E-state index contributed by atoms with van der Waals surface area (Å²) in [5, 5.41) is 4.72. The van der Waals surface area contributed by atoms with Gasteiger partial charge in [-0.05, 0) is 39.1 Å². The maximum absolute atomic E-state index is 12.6. The molecule has 0 fully saturated rings. The van der Waals surface area contributed by atoms with E-state index in [2.05, 4.69) is 5.32 Å². The van der Waals surface area contributed by atoms with E-state index in [1.54, 1.807) is 33.8 Å². The molecule has 6 nitrogen and oxygen atoms in total. The second kappa shape index (κ2) is 8.66. The van der Waals surface area contributed by atoms with Crippen molar-refractivity contribution in [1.29, 1.82) is 0 Å². The minimum Gasteiger partial charge on any atom is -0.466 e. The van der Waals surface area contributed by atoms with Crippen molar-refractivity contribution in [3.63, 3.8) is 0 Å². The van der Waals surface area contributed by atoms with Gasteiger partial charge in [-0.15, -0.1) is 0 Å². The molecule has 2 aromatic carbocycles. The van der Waals surface area contributed by atoms with Gasteiger partial charge in [-0.2, -0.15) is 0 Å². The Balaban J connectivity index is 2.31. The summed E-state index contributed by atoms with van der Waals surface area (Å²) in [7, 11) is 0. The lowest BCUT2D eigenvalue weighted by Gasteiger charge is -2.20. The first-order chi connectivity index (χ1) is 12.7. The number of carbonyl (C=O) groups is 3. The monoisotopic (exact) mass is 371 g/mol. The van der Waals surface area contributed by atoms with Gasteiger partial charge in [0, 0.05) is 10.9 Å². The van der Waals surface area contributed by atoms with Crippen LogP contribution < -0.4 is 5.32 Å². The summed E-state index contributed by atoms with van der Waals surface area (Å²) in [5.41, 5.74) is 0.249. The van der Waals surface area contributed by atoms with Gasteiger partial charge >= 0.3 is 11.9 Å². The molecule has 6 heteroatoms. The normalized spacial score (nSPS) is 11.1. The van der Waals surface area contributed by atoms with E-state index in [1.807, 2.05) is 30.3 Å². The maximum atomic E-state index is 12.6. The number of nitrogens with one attached hydrogen (secondary N) is 1. The van der Waals surface area contributed by atoms with E-state index >= 15 is 0 Å². The fourth-order valence-electron chi connectivity index (χ4n) is 2.67. The molecular weight excluding hydrogens is 346 g/mol. The van der Waals surface area contributed by atoms with Crippen LogP contribution in [0.25, 0.3) is 10.8 Å². The SMILES string of the molecule is CCOC(=O)CC(=O)c1ccc2ccccc2c1NCC(=O)OC(C)(C)C. The molecule has 0 bridgehead atoms. The van der Waals surface area contributed by atoms with Crippen molar-refractivity contribution < 1.29 is 23.9 Å². The Morgan fingerprint density at radius 1 is 1.00 bits per heavy atom. The number of rotatable bonds is 7. The van der Waals surface area contributed by atoms with Crippen LogP contribution in [0.15, 0.2) is 36.4 Å². The van der Waals surface area contributed by atoms with Gasteiger partial charge in [0.15, 0.2) is 5.78 Å². The molecule has 0 aliphatic heterocycles. The smallest absolute Gasteiger partial charge is 0.325 e. The highest BCUT2D eigenvalue weighted by Gasteiger charge is 2.20. The Labute approximate surface area is 158 Å². The molecule has 2 rings (SSSR count). The van der Waals surface area contributed by atoms with Crippen molar-refractivity contribution in [1.82, 2.24) is 0 Å². The molecule has 1 N–H and O–H groups in total. The van der Waals surface area contributed by atoms with Gasteiger partial charge in [-0.25, -0.2) is 0 Å². The van der Waals surface area contributed by atoms with Gasteiger partial charge in [0.25, 0.3) is 0 Å². The summed E-state index contributed by atoms with van der Waals surface area (Å²) >= 11 is 0. The Kier molecular flexibility index (Phi) is 6.55. The van der Waals surface area contributed by atoms with Crippen LogP contribution in [0.3, 0.4) is 0 Å². The maximum Gasteiger partial charge on any atom is 0.325 e. The number of carbonyl (C=O) groups excluding carboxylic acids is 3. The number of benzene rings is 2. The molecule has 0 radical (unpaired) electrons. The minimum atomic E-state index is -0.597. The molecule has 0 heterocycles. The number of hydrogen-bond acceptors (Lipinski definition) is 6. The zero-order valence-electron chi connectivity index (χ0n) is 16.1. The zero-order valence-corrected chi connectivity index (χ0v) is 16.1. The Morgan fingerprint density at radius 3 is 2.37 bits per heavy atom. The van der Waals surface area contributed by atoms with Gasteiger partial charge < -0.3 is 14.8 Å². The van der Waals surface area contributed by atoms with Crippen LogP contribution >= 0.6 is 0 Å². The Bertz CT molecular complexity index is 851. The van der Waals surface area contributed by atoms with Crippen LogP contribution in [0.1, 0.15) is 44.5 Å². The molecule has 0 atom stereocenters. The predicted molar refractivity (Wildman–Crippen MR) is 104 cm³/mol. The average Bonchev–Trinajstić information content (AvgIpc) is 2.58. The molecule has 0 saturated carbocycles. The first-order valence-corrected chi connectivity index (χ1v) is 8.87. The largest absolute Gasteiger partial charge is 0.466 e. The van der Waals surface area contributed by atoms with Crippen LogP contribution in [-0.2, 0) is 19.1 Å². The van der Waals surface area contributed by atoms with Crippen molar-refractivity contribution in [2.24, 2.45) is 0 Å². The van der Waals surface area contributed by atoms with Crippen molar-refractivity contribution in [3.05, 3.63) is 42.0 Å². The second-order valence-electron chi connectivity index (χ2n) is 7.05. The summed E-state index contributed by atoms with van der Waals surface area (Å²) in [4.78, 5) is 36.4. The number of hydrogen-bond donors (Lipinski definition) is 1. The van der Waals surface area contributed by atoms with Crippen LogP contribution in [0, 0.1) is 0 Å². The van der Waals surface area contributed by atoms with E-state index in [4.69, 9.17) is 9.47 Å². The van der Waals surface area contributed by atoms with Gasteiger partial charge in [0.2, 0.25) is 0 Å². The number of fused-ring (bicyclic) bond motifs is 1. The third kappa shape index (κ3) is 5.81. The molecule has 0 unspecified atom stereocenters. The first-order valence-electron chi connectivity index (χ1n) is 8.87. The summed E-state index contributed by atoms with van der Waals surface area (Å²) in [6.07, 6.45) is -0.354. The highest BCUT2D eigenvalue weighted by molar-refractivity contribution is 6.14. The molecule has 0 aliphatic carbocycles. The molecule has 0 saturated heterocycles. The fourth-order valence-corrected chi connectivity index (χ4v) is 2.67. The van der Waals surface area contributed by atoms with Crippen LogP contribution in [0.4, 0.5) is 5.69 Å². The molecule has 0 amide bonds. The van der Waals surface area contributed by atoms with Crippen LogP contribution in [0.5, 0.6) is 0 Å². The molecule has 0 aromatic heterocycles. The van der Waals surface area contributed by atoms with Crippen molar-refractivity contribution in [2.75, 3.05) is 18.5 Å². The molecule has 27 heavy (non-hydrogen) atoms. The lowest BCUT2D eigenvalue weighted by Crippen LogP contribution is -2.28. The number of esters is 2. The molecule has 2 aromatic rings. The number of ketones is 1. The van der Waals surface area contributed by atoms with E-state index in [1.165, 1.54) is 0 Å². The second-order valence-corrected chi connectivity index (χ2v) is 7.05.